The van der Waals surface area contributed by atoms with Crippen LogP contribution in [0.3, 0.4) is 0 Å². The van der Waals surface area contributed by atoms with Gasteiger partial charge in [-0.05, 0) is 33.6 Å². The van der Waals surface area contributed by atoms with Crippen LogP contribution in [0, 0.1) is 21.7 Å². The van der Waals surface area contributed by atoms with Crippen LogP contribution in [0.1, 0.15) is 45.2 Å². The molecule has 1 saturated heterocycles. The molecule has 1 aliphatic rings. The number of ether oxygens (including phenoxy) is 1. The molecule has 1 aromatic heterocycles. The smallest absolute Gasteiger partial charge is 0.410 e. The second-order valence-corrected chi connectivity index (χ2v) is 6.65. The lowest BCUT2D eigenvalue weighted by Crippen LogP contribution is -2.41. The molecule has 0 saturated carbocycles. The third kappa shape index (κ3) is 3.95. The summed E-state index contributed by atoms with van der Waals surface area (Å²) >= 11 is 0. The molecule has 7 nitrogen and oxygen atoms in total. The average Bonchev–Trinajstić information content (AvgIpc) is 2.48. The van der Waals surface area contributed by atoms with Gasteiger partial charge in [0.25, 0.3) is 0 Å². The highest BCUT2D eigenvalue weighted by Crippen LogP contribution is 2.35. The number of hydrogen-bond acceptors (Lipinski definition) is 5. The van der Waals surface area contributed by atoms with Crippen molar-refractivity contribution in [3.05, 3.63) is 33.6 Å². The Morgan fingerprint density at radius 2 is 1.96 bits per heavy atom. The minimum Gasteiger partial charge on any atom is -0.444 e. The van der Waals surface area contributed by atoms with Crippen LogP contribution >= 0.6 is 0 Å². The van der Waals surface area contributed by atoms with Crippen LogP contribution in [0.4, 0.5) is 19.3 Å². The van der Waals surface area contributed by atoms with Gasteiger partial charge >= 0.3 is 11.8 Å². The highest BCUT2D eigenvalue weighted by molar-refractivity contribution is 5.68. The average molecular weight is 343 g/mol. The minimum absolute atomic E-state index is 0.0808. The SMILES string of the molecule is CC(C)(C)OC(=O)N1CCC(c2ncc(F)c(F)c2[N+](=O)[O-])CC1. The molecule has 0 aliphatic carbocycles. The maximum Gasteiger partial charge on any atom is 0.410 e. The zero-order chi connectivity index (χ0) is 18.1. The summed E-state index contributed by atoms with van der Waals surface area (Å²) in [4.78, 5) is 27.3. The Hall–Kier alpha value is -2.32. The van der Waals surface area contributed by atoms with Crippen LogP contribution < -0.4 is 0 Å². The van der Waals surface area contributed by atoms with Crippen molar-refractivity contribution >= 4 is 11.8 Å². The molecular formula is C15H19F2N3O4. The first-order valence-electron chi connectivity index (χ1n) is 7.56. The van der Waals surface area contributed by atoms with Crippen LogP contribution in [-0.4, -0.2) is 39.6 Å². The summed E-state index contributed by atoms with van der Waals surface area (Å²) in [5.41, 5.74) is -1.62. The van der Waals surface area contributed by atoms with Crippen molar-refractivity contribution in [3.63, 3.8) is 0 Å². The van der Waals surface area contributed by atoms with E-state index in [4.69, 9.17) is 4.74 Å². The Morgan fingerprint density at radius 1 is 1.38 bits per heavy atom. The van der Waals surface area contributed by atoms with Crippen molar-refractivity contribution in [1.82, 2.24) is 9.88 Å². The molecule has 24 heavy (non-hydrogen) atoms. The number of rotatable bonds is 2. The molecular weight excluding hydrogens is 324 g/mol. The molecule has 0 radical (unpaired) electrons. The number of nitrogens with zero attached hydrogens (tertiary/aromatic N) is 3. The fourth-order valence-electron chi connectivity index (χ4n) is 2.60. The van der Waals surface area contributed by atoms with Gasteiger partial charge in [-0.2, -0.15) is 4.39 Å². The predicted octanol–water partition coefficient (Wildman–Crippen LogP) is 3.38. The van der Waals surface area contributed by atoms with Gasteiger partial charge in [-0.3, -0.25) is 15.1 Å². The minimum atomic E-state index is -1.50. The molecule has 0 spiro atoms. The first kappa shape index (κ1) is 18.0. The van der Waals surface area contributed by atoms with Crippen molar-refractivity contribution in [2.75, 3.05) is 13.1 Å². The first-order chi connectivity index (χ1) is 11.1. The van der Waals surface area contributed by atoms with Gasteiger partial charge in [0.15, 0.2) is 5.82 Å². The summed E-state index contributed by atoms with van der Waals surface area (Å²) in [7, 11) is 0. The zero-order valence-electron chi connectivity index (χ0n) is 13.7. The van der Waals surface area contributed by atoms with E-state index in [9.17, 15) is 23.7 Å². The third-order valence-corrected chi connectivity index (χ3v) is 3.69. The molecule has 2 heterocycles. The van der Waals surface area contributed by atoms with Gasteiger partial charge in [0.2, 0.25) is 5.82 Å². The number of likely N-dealkylation sites (tertiary alicyclic amines) is 1. The number of carbonyl (C=O) groups excluding carboxylic acids is 1. The molecule has 1 aliphatic heterocycles. The van der Waals surface area contributed by atoms with Crippen molar-refractivity contribution in [2.24, 2.45) is 0 Å². The Labute approximate surface area is 137 Å². The van der Waals surface area contributed by atoms with Gasteiger partial charge in [0.1, 0.15) is 11.3 Å². The lowest BCUT2D eigenvalue weighted by atomic mass is 9.92. The number of carbonyl (C=O) groups is 1. The van der Waals surface area contributed by atoms with Crippen LogP contribution in [0.15, 0.2) is 6.20 Å². The normalized spacial score (nSPS) is 16.1. The number of piperidine rings is 1. The Bertz CT molecular complexity index is 653. The van der Waals surface area contributed by atoms with Crippen LogP contribution in [0.25, 0.3) is 0 Å². The van der Waals surface area contributed by atoms with Crippen molar-refractivity contribution in [3.8, 4) is 0 Å². The fourth-order valence-corrected chi connectivity index (χ4v) is 2.60. The largest absolute Gasteiger partial charge is 0.444 e. The summed E-state index contributed by atoms with van der Waals surface area (Å²) in [6.45, 7) is 5.87. The Morgan fingerprint density at radius 3 is 2.46 bits per heavy atom. The maximum atomic E-state index is 13.7. The standard InChI is InChI=1S/C15H19F2N3O4/c1-15(2,3)24-14(21)19-6-4-9(5-7-19)12-13(20(22)23)11(17)10(16)8-18-12/h8-9H,4-7H2,1-3H3. The summed E-state index contributed by atoms with van der Waals surface area (Å²) < 4.78 is 32.2. The van der Waals surface area contributed by atoms with E-state index in [1.54, 1.807) is 20.8 Å². The molecule has 0 atom stereocenters. The molecule has 9 heteroatoms. The second kappa shape index (κ2) is 6.66. The lowest BCUT2D eigenvalue weighted by molar-refractivity contribution is -0.389. The van der Waals surface area contributed by atoms with Gasteiger partial charge in [0, 0.05) is 19.0 Å². The summed E-state index contributed by atoms with van der Waals surface area (Å²) in [5, 5.41) is 11.0. The number of nitro groups is 1. The maximum absolute atomic E-state index is 13.7. The molecule has 1 aromatic rings. The third-order valence-electron chi connectivity index (χ3n) is 3.69. The van der Waals surface area contributed by atoms with E-state index in [2.05, 4.69) is 4.98 Å². The van der Waals surface area contributed by atoms with Crippen molar-refractivity contribution in [1.29, 1.82) is 0 Å². The van der Waals surface area contributed by atoms with E-state index in [0.29, 0.717) is 32.1 Å². The predicted molar refractivity (Wildman–Crippen MR) is 80.6 cm³/mol. The zero-order valence-corrected chi connectivity index (χ0v) is 13.7. The Kier molecular flexibility index (Phi) is 5.00. The quantitative estimate of drug-likeness (QED) is 0.607. The van der Waals surface area contributed by atoms with Crippen molar-refractivity contribution < 1.29 is 23.2 Å². The van der Waals surface area contributed by atoms with E-state index in [1.807, 2.05) is 0 Å². The number of hydrogen-bond donors (Lipinski definition) is 0. The molecule has 0 N–H and O–H groups in total. The monoisotopic (exact) mass is 343 g/mol. The number of halogens is 2. The number of amides is 1. The fraction of sp³-hybridized carbons (Fsp3) is 0.600. The van der Waals surface area contributed by atoms with E-state index in [-0.39, 0.29) is 5.69 Å². The van der Waals surface area contributed by atoms with Gasteiger partial charge in [-0.1, -0.05) is 0 Å². The molecule has 1 amide bonds. The summed E-state index contributed by atoms with van der Waals surface area (Å²) in [6.07, 6.45) is 0.905. The van der Waals surface area contributed by atoms with E-state index in [1.165, 1.54) is 4.90 Å². The van der Waals surface area contributed by atoms with Crippen LogP contribution in [0.2, 0.25) is 0 Å². The van der Waals surface area contributed by atoms with Gasteiger partial charge < -0.3 is 9.64 Å². The van der Waals surface area contributed by atoms with Crippen LogP contribution in [-0.2, 0) is 4.74 Å². The first-order valence-corrected chi connectivity index (χ1v) is 7.56. The molecule has 0 bridgehead atoms. The molecule has 2 rings (SSSR count). The molecule has 132 valence electrons. The van der Waals surface area contributed by atoms with Gasteiger partial charge in [-0.25, -0.2) is 9.18 Å². The van der Waals surface area contributed by atoms with Crippen molar-refractivity contribution in [2.45, 2.75) is 45.1 Å². The lowest BCUT2D eigenvalue weighted by Gasteiger charge is -2.33. The van der Waals surface area contributed by atoms with Crippen LogP contribution in [0.5, 0.6) is 0 Å². The van der Waals surface area contributed by atoms with E-state index >= 15 is 0 Å². The highest BCUT2D eigenvalue weighted by Gasteiger charge is 2.34. The summed E-state index contributed by atoms with van der Waals surface area (Å²) in [6, 6.07) is 0. The van der Waals surface area contributed by atoms with Gasteiger partial charge in [0.05, 0.1) is 11.1 Å². The topological polar surface area (TPSA) is 85.6 Å². The molecule has 0 unspecified atom stereocenters. The molecule has 0 aromatic carbocycles. The molecule has 1 fully saturated rings. The van der Waals surface area contributed by atoms with Gasteiger partial charge in [-0.15, -0.1) is 0 Å². The number of pyridine rings is 1. The van der Waals surface area contributed by atoms with E-state index < -0.39 is 39.9 Å². The second-order valence-electron chi connectivity index (χ2n) is 6.65. The van der Waals surface area contributed by atoms with E-state index in [0.717, 1.165) is 0 Å². The summed E-state index contributed by atoms with van der Waals surface area (Å²) in [5.74, 6) is -3.27. The number of aromatic nitrogens is 1. The highest BCUT2D eigenvalue weighted by atomic mass is 19.2. The Balaban J connectivity index is 2.12.